The summed E-state index contributed by atoms with van der Waals surface area (Å²) in [5, 5.41) is 12.3. The fourth-order valence-corrected chi connectivity index (χ4v) is 2.91. The number of halogens is 1. The zero-order valence-corrected chi connectivity index (χ0v) is 13.5. The Balaban J connectivity index is 1.69. The molecule has 0 aliphatic carbocycles. The Kier molecular flexibility index (Phi) is 4.71. The third-order valence-corrected chi connectivity index (χ3v) is 4.13. The van der Waals surface area contributed by atoms with Crippen LogP contribution in [-0.4, -0.2) is 17.0 Å². The van der Waals surface area contributed by atoms with Gasteiger partial charge in [-0.15, -0.1) is 0 Å². The normalized spacial score (nSPS) is 16.2. The number of carbonyl (C=O) groups is 2. The Labute approximate surface area is 144 Å². The van der Waals surface area contributed by atoms with E-state index in [9.17, 15) is 9.59 Å². The van der Waals surface area contributed by atoms with Gasteiger partial charge in [-0.2, -0.15) is 0 Å². The Morgan fingerprint density at radius 1 is 1.29 bits per heavy atom. The molecular formula is C18H16ClNO4. The molecule has 2 aromatic rings. The summed E-state index contributed by atoms with van der Waals surface area (Å²) in [5.74, 6) is -1.14. The van der Waals surface area contributed by atoms with Crippen LogP contribution in [0.25, 0.3) is 0 Å². The number of carbonyl (C=O) groups excluding carboxylic acids is 1. The Hall–Kier alpha value is -2.53. The van der Waals surface area contributed by atoms with Crippen molar-refractivity contribution in [3.63, 3.8) is 0 Å². The van der Waals surface area contributed by atoms with Crippen molar-refractivity contribution in [2.24, 2.45) is 5.92 Å². The van der Waals surface area contributed by atoms with Crippen molar-refractivity contribution < 1.29 is 19.4 Å². The molecule has 1 aliphatic heterocycles. The van der Waals surface area contributed by atoms with Gasteiger partial charge in [0.15, 0.2) is 0 Å². The quantitative estimate of drug-likeness (QED) is 0.869. The van der Waals surface area contributed by atoms with E-state index in [1.54, 1.807) is 12.1 Å². The fraction of sp³-hybridized carbons (Fsp3) is 0.222. The molecular weight excluding hydrogens is 330 g/mol. The van der Waals surface area contributed by atoms with Crippen molar-refractivity contribution >= 4 is 29.2 Å². The number of rotatable bonds is 5. The molecule has 0 radical (unpaired) electrons. The molecule has 0 spiro atoms. The second-order valence-electron chi connectivity index (χ2n) is 5.73. The molecule has 0 fully saturated rings. The molecule has 2 N–H and O–H groups in total. The molecule has 0 aromatic heterocycles. The molecule has 0 bridgehead atoms. The molecule has 1 heterocycles. The topological polar surface area (TPSA) is 75.6 Å². The zero-order valence-electron chi connectivity index (χ0n) is 12.8. The molecule has 1 unspecified atom stereocenters. The minimum absolute atomic E-state index is 0.168. The van der Waals surface area contributed by atoms with Gasteiger partial charge in [0.05, 0.1) is 12.3 Å². The third-order valence-electron chi connectivity index (χ3n) is 3.89. The molecule has 3 rings (SSSR count). The van der Waals surface area contributed by atoms with Crippen LogP contribution in [0.3, 0.4) is 0 Å². The Morgan fingerprint density at radius 2 is 2.12 bits per heavy atom. The van der Waals surface area contributed by atoms with Gasteiger partial charge in [0.2, 0.25) is 5.91 Å². The van der Waals surface area contributed by atoms with E-state index in [1.165, 1.54) is 0 Å². The van der Waals surface area contributed by atoms with Gasteiger partial charge in [-0.05, 0) is 35.7 Å². The minimum Gasteiger partial charge on any atom is -0.489 e. The molecule has 2 aromatic carbocycles. The Morgan fingerprint density at radius 3 is 2.88 bits per heavy atom. The van der Waals surface area contributed by atoms with Crippen LogP contribution in [0.5, 0.6) is 5.75 Å². The zero-order chi connectivity index (χ0) is 17.1. The van der Waals surface area contributed by atoms with Gasteiger partial charge < -0.3 is 15.2 Å². The fourth-order valence-electron chi connectivity index (χ4n) is 2.70. The van der Waals surface area contributed by atoms with Crippen molar-refractivity contribution in [2.45, 2.75) is 19.4 Å². The molecule has 5 nitrogen and oxygen atoms in total. The number of anilines is 1. The molecule has 0 saturated carbocycles. The van der Waals surface area contributed by atoms with Crippen molar-refractivity contribution in [1.29, 1.82) is 0 Å². The van der Waals surface area contributed by atoms with E-state index in [0.29, 0.717) is 29.5 Å². The van der Waals surface area contributed by atoms with Crippen molar-refractivity contribution in [1.82, 2.24) is 0 Å². The maximum Gasteiger partial charge on any atom is 0.304 e. The minimum atomic E-state index is -0.972. The molecule has 1 aliphatic rings. The van der Waals surface area contributed by atoms with Gasteiger partial charge >= 0.3 is 5.97 Å². The smallest absolute Gasteiger partial charge is 0.304 e. The summed E-state index contributed by atoms with van der Waals surface area (Å²) < 4.78 is 5.74. The number of amides is 1. The highest BCUT2D eigenvalue weighted by atomic mass is 35.5. The Bertz CT molecular complexity index is 790. The van der Waals surface area contributed by atoms with Crippen LogP contribution in [-0.2, 0) is 22.6 Å². The molecule has 1 amide bonds. The van der Waals surface area contributed by atoms with Crippen LogP contribution in [0.4, 0.5) is 5.69 Å². The molecule has 6 heteroatoms. The second kappa shape index (κ2) is 6.93. The number of carboxylic acid groups (broad SMARTS) is 1. The van der Waals surface area contributed by atoms with E-state index in [1.807, 2.05) is 30.3 Å². The van der Waals surface area contributed by atoms with Crippen LogP contribution < -0.4 is 10.1 Å². The molecule has 124 valence electrons. The van der Waals surface area contributed by atoms with Gasteiger partial charge in [0, 0.05) is 16.8 Å². The highest BCUT2D eigenvalue weighted by molar-refractivity contribution is 6.30. The van der Waals surface area contributed by atoms with E-state index < -0.39 is 11.9 Å². The summed E-state index contributed by atoms with van der Waals surface area (Å²) >= 11 is 5.94. The van der Waals surface area contributed by atoms with Gasteiger partial charge in [0.25, 0.3) is 0 Å². The van der Waals surface area contributed by atoms with E-state index in [0.717, 1.165) is 11.1 Å². The average Bonchev–Trinajstić information content (AvgIpc) is 2.53. The first-order valence-corrected chi connectivity index (χ1v) is 7.92. The predicted molar refractivity (Wildman–Crippen MR) is 90.3 cm³/mol. The monoisotopic (exact) mass is 345 g/mol. The second-order valence-corrected chi connectivity index (χ2v) is 6.16. The number of ether oxygens (including phenoxy) is 1. The van der Waals surface area contributed by atoms with Crippen molar-refractivity contribution in [2.75, 3.05) is 5.32 Å². The lowest BCUT2D eigenvalue weighted by molar-refractivity contribution is -0.140. The first-order chi connectivity index (χ1) is 11.5. The van der Waals surface area contributed by atoms with Crippen LogP contribution in [0.1, 0.15) is 17.5 Å². The van der Waals surface area contributed by atoms with Gasteiger partial charge in [0.1, 0.15) is 12.4 Å². The largest absolute Gasteiger partial charge is 0.489 e. The number of benzene rings is 2. The summed E-state index contributed by atoms with van der Waals surface area (Å²) in [6.45, 7) is 0.370. The molecule has 1 atom stereocenters. The SMILES string of the molecule is O=C(O)CC1Cc2ccc(OCc3cccc(Cl)c3)cc2NC1=O. The standard InChI is InChI=1S/C18H16ClNO4/c19-14-3-1-2-11(6-14)10-24-15-5-4-12-7-13(8-17(21)22)18(23)20-16(12)9-15/h1-6,9,13H,7-8,10H2,(H,20,23)(H,21,22). The number of aliphatic carboxylic acids is 1. The van der Waals surface area contributed by atoms with Crippen molar-refractivity contribution in [3.05, 3.63) is 58.6 Å². The lowest BCUT2D eigenvalue weighted by atomic mass is 9.91. The number of carboxylic acids is 1. The maximum atomic E-state index is 12.0. The first-order valence-electron chi connectivity index (χ1n) is 7.54. The summed E-state index contributed by atoms with van der Waals surface area (Å²) in [6.07, 6.45) is 0.250. The predicted octanol–water partition coefficient (Wildman–Crippen LogP) is 3.50. The number of fused-ring (bicyclic) bond motifs is 1. The number of hydrogen-bond acceptors (Lipinski definition) is 3. The van der Waals surface area contributed by atoms with E-state index in [-0.39, 0.29) is 12.3 Å². The van der Waals surface area contributed by atoms with Gasteiger partial charge in [-0.1, -0.05) is 29.8 Å². The van der Waals surface area contributed by atoms with E-state index >= 15 is 0 Å². The summed E-state index contributed by atoms with van der Waals surface area (Å²) in [4.78, 5) is 22.8. The van der Waals surface area contributed by atoms with E-state index in [2.05, 4.69) is 5.32 Å². The van der Waals surface area contributed by atoms with Gasteiger partial charge in [-0.3, -0.25) is 9.59 Å². The third kappa shape index (κ3) is 3.86. The van der Waals surface area contributed by atoms with Gasteiger partial charge in [-0.25, -0.2) is 0 Å². The molecule has 24 heavy (non-hydrogen) atoms. The van der Waals surface area contributed by atoms with Crippen LogP contribution in [0.15, 0.2) is 42.5 Å². The average molecular weight is 346 g/mol. The summed E-state index contributed by atoms with van der Waals surface area (Å²) in [6, 6.07) is 12.8. The van der Waals surface area contributed by atoms with Crippen LogP contribution >= 0.6 is 11.6 Å². The van der Waals surface area contributed by atoms with Crippen molar-refractivity contribution in [3.8, 4) is 5.75 Å². The number of nitrogens with one attached hydrogen (secondary N) is 1. The van der Waals surface area contributed by atoms with Crippen LogP contribution in [0.2, 0.25) is 5.02 Å². The molecule has 0 saturated heterocycles. The summed E-state index contributed by atoms with van der Waals surface area (Å²) in [7, 11) is 0. The lowest BCUT2D eigenvalue weighted by Crippen LogP contribution is -2.31. The first kappa shape index (κ1) is 16.3. The van der Waals surface area contributed by atoms with E-state index in [4.69, 9.17) is 21.4 Å². The number of hydrogen-bond donors (Lipinski definition) is 2. The summed E-state index contributed by atoms with van der Waals surface area (Å²) in [5.41, 5.74) is 2.53. The lowest BCUT2D eigenvalue weighted by Gasteiger charge is -2.24. The maximum absolute atomic E-state index is 12.0. The van der Waals surface area contributed by atoms with Crippen LogP contribution in [0, 0.1) is 5.92 Å². The highest BCUT2D eigenvalue weighted by Gasteiger charge is 2.28. The highest BCUT2D eigenvalue weighted by Crippen LogP contribution is 2.31.